The molecule has 23 heavy (non-hydrogen) atoms. The first-order valence-corrected chi connectivity index (χ1v) is 8.97. The van der Waals surface area contributed by atoms with E-state index in [1.807, 2.05) is 6.07 Å². The van der Waals surface area contributed by atoms with Crippen molar-refractivity contribution in [2.75, 3.05) is 11.6 Å². The molecule has 0 aliphatic rings. The number of anilines is 1. The molecule has 0 spiro atoms. The van der Waals surface area contributed by atoms with Crippen molar-refractivity contribution >= 4 is 44.9 Å². The Hall–Kier alpha value is -2.18. The Morgan fingerprint density at radius 3 is 2.96 bits per heavy atom. The Morgan fingerprint density at radius 1 is 1.35 bits per heavy atom. The molecular formula is C16H14ClN3O2S. The van der Waals surface area contributed by atoms with Crippen LogP contribution >= 0.6 is 11.6 Å². The quantitative estimate of drug-likeness (QED) is 0.760. The van der Waals surface area contributed by atoms with Crippen molar-refractivity contribution in [1.82, 2.24) is 10.2 Å². The van der Waals surface area contributed by atoms with Gasteiger partial charge in [0.2, 0.25) is 0 Å². The number of aromatic nitrogens is 2. The molecule has 3 aromatic rings. The number of rotatable bonds is 4. The van der Waals surface area contributed by atoms with Crippen LogP contribution in [0.5, 0.6) is 0 Å². The largest absolute Gasteiger partial charge is 0.322 e. The van der Waals surface area contributed by atoms with Gasteiger partial charge in [-0.3, -0.25) is 14.1 Å². The molecule has 0 unspecified atom stereocenters. The summed E-state index contributed by atoms with van der Waals surface area (Å²) in [6, 6.07) is 10.6. The maximum absolute atomic E-state index is 12.5. The lowest BCUT2D eigenvalue weighted by molar-refractivity contribution is 0.102. The van der Waals surface area contributed by atoms with Crippen LogP contribution < -0.4 is 5.32 Å². The van der Waals surface area contributed by atoms with Crippen LogP contribution in [0.3, 0.4) is 0 Å². The van der Waals surface area contributed by atoms with Crippen LogP contribution in [-0.2, 0) is 16.6 Å². The van der Waals surface area contributed by atoms with E-state index in [0.29, 0.717) is 27.5 Å². The predicted molar refractivity (Wildman–Crippen MR) is 93.3 cm³/mol. The van der Waals surface area contributed by atoms with Crippen LogP contribution in [0, 0.1) is 0 Å². The molecule has 0 radical (unpaired) electrons. The third-order valence-corrected chi connectivity index (χ3v) is 4.47. The van der Waals surface area contributed by atoms with Crippen LogP contribution in [0.15, 0.2) is 42.6 Å². The Labute approximate surface area is 140 Å². The number of benzene rings is 2. The van der Waals surface area contributed by atoms with Crippen LogP contribution in [0.1, 0.15) is 15.9 Å². The third kappa shape index (κ3) is 3.43. The highest BCUT2D eigenvalue weighted by Gasteiger charge is 2.12. The average molecular weight is 348 g/mol. The molecule has 3 rings (SSSR count). The molecular weight excluding hydrogens is 334 g/mol. The van der Waals surface area contributed by atoms with Gasteiger partial charge in [0.05, 0.1) is 17.3 Å². The van der Waals surface area contributed by atoms with E-state index in [1.165, 1.54) is 0 Å². The number of nitrogens with zero attached hydrogens (tertiary/aromatic N) is 1. The summed E-state index contributed by atoms with van der Waals surface area (Å²) in [6.45, 7) is 0. The lowest BCUT2D eigenvalue weighted by atomic mass is 10.1. The molecule has 0 aliphatic heterocycles. The lowest BCUT2D eigenvalue weighted by Crippen LogP contribution is -2.12. The number of carbonyl (C=O) groups excluding carboxylic acids is 1. The van der Waals surface area contributed by atoms with Crippen LogP contribution in [0.2, 0.25) is 5.02 Å². The summed E-state index contributed by atoms with van der Waals surface area (Å²) in [4.78, 5) is 12.5. The van der Waals surface area contributed by atoms with Crippen molar-refractivity contribution in [3.63, 3.8) is 0 Å². The van der Waals surface area contributed by atoms with E-state index in [-0.39, 0.29) is 5.91 Å². The van der Waals surface area contributed by atoms with Gasteiger partial charge in [-0.15, -0.1) is 0 Å². The molecule has 1 atom stereocenters. The number of hydrogen-bond donors (Lipinski definition) is 2. The van der Waals surface area contributed by atoms with Gasteiger partial charge in [-0.05, 0) is 29.8 Å². The molecule has 1 aromatic heterocycles. The van der Waals surface area contributed by atoms with Gasteiger partial charge < -0.3 is 5.32 Å². The highest BCUT2D eigenvalue weighted by molar-refractivity contribution is 7.83. The first-order valence-electron chi connectivity index (χ1n) is 6.86. The smallest absolute Gasteiger partial charge is 0.257 e. The van der Waals surface area contributed by atoms with E-state index in [2.05, 4.69) is 15.5 Å². The Kier molecular flexibility index (Phi) is 4.45. The molecule has 0 saturated carbocycles. The number of fused-ring (bicyclic) bond motifs is 1. The highest BCUT2D eigenvalue weighted by Crippen LogP contribution is 2.23. The van der Waals surface area contributed by atoms with Gasteiger partial charge in [0.1, 0.15) is 0 Å². The highest BCUT2D eigenvalue weighted by atomic mass is 35.5. The van der Waals surface area contributed by atoms with Crippen molar-refractivity contribution in [2.45, 2.75) is 5.75 Å². The van der Waals surface area contributed by atoms with Crippen molar-refractivity contribution < 1.29 is 9.00 Å². The zero-order valence-corrected chi connectivity index (χ0v) is 13.9. The molecule has 7 heteroatoms. The monoisotopic (exact) mass is 347 g/mol. The topological polar surface area (TPSA) is 74.8 Å². The zero-order valence-electron chi connectivity index (χ0n) is 12.3. The van der Waals surface area contributed by atoms with E-state index < -0.39 is 10.8 Å². The van der Waals surface area contributed by atoms with Crippen molar-refractivity contribution in [2.24, 2.45) is 0 Å². The molecule has 0 saturated heterocycles. The summed E-state index contributed by atoms with van der Waals surface area (Å²) in [7, 11) is -1.01. The minimum atomic E-state index is -1.01. The van der Waals surface area contributed by atoms with Gasteiger partial charge in [-0.2, -0.15) is 5.10 Å². The Bertz CT molecular complexity index is 907. The molecule has 5 nitrogen and oxygen atoms in total. The summed E-state index contributed by atoms with van der Waals surface area (Å²) < 4.78 is 11.4. The van der Waals surface area contributed by atoms with E-state index in [0.717, 1.165) is 10.9 Å². The van der Waals surface area contributed by atoms with E-state index in [1.54, 1.807) is 42.8 Å². The second kappa shape index (κ2) is 6.52. The number of para-hydroxylation sites is 1. The maximum atomic E-state index is 12.5. The van der Waals surface area contributed by atoms with Gasteiger partial charge in [0.25, 0.3) is 5.91 Å². The number of aromatic amines is 1. The fourth-order valence-electron chi connectivity index (χ4n) is 2.34. The van der Waals surface area contributed by atoms with Crippen LogP contribution in [-0.4, -0.2) is 26.6 Å². The molecule has 0 bridgehead atoms. The standard InChI is InChI=1S/C16H14ClN3O2S/c1-23(22)9-11-7-12(5-6-14(11)17)19-16(21)13-4-2-3-10-8-18-20-15(10)13/h2-8H,9H2,1H3,(H,18,20)(H,19,21)/t23-/m1/s1. The molecule has 2 aromatic carbocycles. The fraction of sp³-hybridized carbons (Fsp3) is 0.125. The molecule has 0 fully saturated rings. The Balaban J connectivity index is 1.88. The average Bonchev–Trinajstić information content (AvgIpc) is 2.98. The fourth-order valence-corrected chi connectivity index (χ4v) is 3.28. The van der Waals surface area contributed by atoms with E-state index in [4.69, 9.17) is 11.6 Å². The van der Waals surface area contributed by atoms with Crippen LogP contribution in [0.25, 0.3) is 10.9 Å². The van der Waals surface area contributed by atoms with Crippen molar-refractivity contribution in [3.8, 4) is 0 Å². The van der Waals surface area contributed by atoms with E-state index >= 15 is 0 Å². The van der Waals surface area contributed by atoms with Crippen LogP contribution in [0.4, 0.5) is 5.69 Å². The zero-order chi connectivity index (χ0) is 16.4. The minimum Gasteiger partial charge on any atom is -0.322 e. The van der Waals surface area contributed by atoms with Crippen molar-refractivity contribution in [3.05, 3.63) is 58.7 Å². The van der Waals surface area contributed by atoms with Gasteiger partial charge >= 0.3 is 0 Å². The van der Waals surface area contributed by atoms with Gasteiger partial charge in [-0.1, -0.05) is 23.7 Å². The molecule has 1 amide bonds. The number of hydrogen-bond acceptors (Lipinski definition) is 3. The number of H-pyrrole nitrogens is 1. The SMILES string of the molecule is C[S@@](=O)Cc1cc(NC(=O)c2cccc3cn[nH]c23)ccc1Cl. The molecule has 2 N–H and O–H groups in total. The first kappa shape index (κ1) is 15.7. The van der Waals surface area contributed by atoms with Gasteiger partial charge in [0.15, 0.2) is 0 Å². The Morgan fingerprint density at radius 2 is 2.17 bits per heavy atom. The predicted octanol–water partition coefficient (Wildman–Crippen LogP) is 3.35. The normalized spacial score (nSPS) is 12.3. The molecule has 118 valence electrons. The summed E-state index contributed by atoms with van der Waals surface area (Å²) in [5, 5.41) is 11.0. The summed E-state index contributed by atoms with van der Waals surface area (Å²) in [5.41, 5.74) is 2.55. The summed E-state index contributed by atoms with van der Waals surface area (Å²) >= 11 is 6.10. The minimum absolute atomic E-state index is 0.245. The number of halogens is 1. The lowest BCUT2D eigenvalue weighted by Gasteiger charge is -2.09. The summed E-state index contributed by atoms with van der Waals surface area (Å²) in [6.07, 6.45) is 3.28. The molecule has 0 aliphatic carbocycles. The number of amides is 1. The second-order valence-electron chi connectivity index (χ2n) is 5.12. The van der Waals surface area contributed by atoms with E-state index in [9.17, 15) is 9.00 Å². The van der Waals surface area contributed by atoms with Gasteiger partial charge in [-0.25, -0.2) is 0 Å². The number of nitrogens with one attached hydrogen (secondary N) is 2. The maximum Gasteiger partial charge on any atom is 0.257 e. The first-order chi connectivity index (χ1) is 11.0. The summed E-state index contributed by atoms with van der Waals surface area (Å²) in [5.74, 6) is 0.101. The third-order valence-electron chi connectivity index (χ3n) is 3.38. The second-order valence-corrected chi connectivity index (χ2v) is 6.96. The van der Waals surface area contributed by atoms with Crippen molar-refractivity contribution in [1.29, 1.82) is 0 Å². The number of carbonyl (C=O) groups is 1. The van der Waals surface area contributed by atoms with Gasteiger partial charge in [0, 0.05) is 38.9 Å². The molecule has 1 heterocycles.